The summed E-state index contributed by atoms with van der Waals surface area (Å²) in [6, 6.07) is 2.25. The zero-order chi connectivity index (χ0) is 14.2. The first kappa shape index (κ1) is 3.33. The van der Waals surface area contributed by atoms with Crippen LogP contribution in [-0.2, 0) is 6.37 Å². The van der Waals surface area contributed by atoms with Crippen LogP contribution >= 0.6 is 0 Å². The summed E-state index contributed by atoms with van der Waals surface area (Å²) in [5.74, 6) is -1.06. The Morgan fingerprint density at radius 3 is 2.85 bits per heavy atom. The fourth-order valence-electron chi connectivity index (χ4n) is 1.31. The predicted octanol–water partition coefficient (Wildman–Crippen LogP) is 1.54. The Balaban J connectivity index is 2.21. The maximum absolute atomic E-state index is 11.9. The number of hydrogen-bond donors (Lipinski definition) is 0. The molecule has 13 heavy (non-hydrogen) atoms. The first-order valence-electron chi connectivity index (χ1n) is 6.68. The third-order valence-electron chi connectivity index (χ3n) is 1.94. The molecule has 0 bridgehead atoms. The van der Waals surface area contributed by atoms with Gasteiger partial charge in [0.1, 0.15) is 2.74 Å². The third-order valence-corrected chi connectivity index (χ3v) is 1.94. The fourth-order valence-corrected chi connectivity index (χ4v) is 1.31. The van der Waals surface area contributed by atoms with E-state index >= 15 is 0 Å². The Kier molecular flexibility index (Phi) is 0.576. The van der Waals surface area contributed by atoms with Gasteiger partial charge in [-0.05, 0) is 24.1 Å². The molecule has 66 valence electrons. The highest BCUT2D eigenvalue weighted by molar-refractivity contribution is 6.01. The predicted molar refractivity (Wildman–Crippen MR) is 45.2 cm³/mol. The second-order valence-electron chi connectivity index (χ2n) is 2.71. The molecule has 0 saturated carbocycles. The summed E-state index contributed by atoms with van der Waals surface area (Å²) in [5.41, 5.74) is -0.294. The molecule has 0 amide bonds. The van der Waals surface area contributed by atoms with Gasteiger partial charge < -0.3 is 9.47 Å². The molecule has 0 saturated heterocycles. The average molecular weight is 182 g/mol. The van der Waals surface area contributed by atoms with Crippen LogP contribution in [0.1, 0.15) is 30.5 Å². The number of benzene rings is 1. The fraction of sp³-hybridized carbons (Fsp3) is 0.300. The van der Waals surface area contributed by atoms with Gasteiger partial charge in [0.25, 0.3) is 0 Å². The van der Waals surface area contributed by atoms with Gasteiger partial charge in [0.05, 0.1) is 0 Å². The molecule has 2 aliphatic rings. The highest BCUT2D eigenvalue weighted by Crippen LogP contribution is 2.37. The van der Waals surface area contributed by atoms with Crippen molar-refractivity contribution >= 4 is 5.78 Å². The molecule has 3 nitrogen and oxygen atoms in total. The van der Waals surface area contributed by atoms with Crippen LogP contribution in [0.2, 0.25) is 0 Å². The van der Waals surface area contributed by atoms with Crippen molar-refractivity contribution in [1.82, 2.24) is 0 Å². The number of ether oxygens (including phenoxy) is 2. The van der Waals surface area contributed by atoms with Crippen LogP contribution in [0.15, 0.2) is 12.1 Å². The van der Waals surface area contributed by atoms with Crippen LogP contribution in [0.4, 0.5) is 0 Å². The van der Waals surface area contributed by atoms with Crippen molar-refractivity contribution in [2.75, 3.05) is 6.75 Å². The summed E-state index contributed by atoms with van der Waals surface area (Å²) in [5, 5.41) is 0. The van der Waals surface area contributed by atoms with Gasteiger partial charge in [-0.2, -0.15) is 0 Å². The number of rotatable bonds is 0. The lowest BCUT2D eigenvalue weighted by atomic mass is 10.1. The molecule has 3 heteroatoms. The monoisotopic (exact) mass is 182 g/mol. The summed E-state index contributed by atoms with van der Waals surface area (Å²) >= 11 is 0. The molecule has 1 aliphatic carbocycles. The highest BCUT2D eigenvalue weighted by Gasteiger charge is 2.24. The van der Waals surface area contributed by atoms with E-state index in [-0.39, 0.29) is 22.6 Å². The van der Waals surface area contributed by atoms with E-state index in [1.807, 2.05) is 0 Å². The molecule has 1 heterocycles. The van der Waals surface area contributed by atoms with Gasteiger partial charge in [-0.1, -0.05) is 0 Å². The van der Waals surface area contributed by atoms with Crippen LogP contribution in [0.25, 0.3) is 0 Å². The van der Waals surface area contributed by atoms with Gasteiger partial charge in [-0.15, -0.1) is 0 Å². The molecule has 0 fully saturated rings. The smallest absolute Gasteiger partial charge is 0.231 e. The van der Waals surface area contributed by atoms with E-state index in [0.29, 0.717) is 0 Å². The second-order valence-corrected chi connectivity index (χ2v) is 2.71. The molecule has 0 atom stereocenters. The van der Waals surface area contributed by atoms with Gasteiger partial charge in [-0.3, -0.25) is 4.79 Å². The minimum atomic E-state index is -2.66. The van der Waals surface area contributed by atoms with E-state index in [0.717, 1.165) is 12.1 Å². The molecule has 0 N–H and O–H groups in total. The molecule has 0 radical (unpaired) electrons. The van der Waals surface area contributed by atoms with Gasteiger partial charge in [0.2, 0.25) is 6.75 Å². The molecule has 0 spiro atoms. The summed E-state index contributed by atoms with van der Waals surface area (Å²) < 4.78 is 54.8. The quantitative estimate of drug-likeness (QED) is 0.610. The van der Waals surface area contributed by atoms with Gasteiger partial charge in [0.15, 0.2) is 17.3 Å². The number of Topliss-reactive ketones (excluding diaryl/α,β-unsaturated/α-hetero) is 1. The lowest BCUT2D eigenvalue weighted by molar-refractivity contribution is 0.0994. The van der Waals surface area contributed by atoms with Crippen molar-refractivity contribution in [2.24, 2.45) is 0 Å². The number of hydrogen-bond acceptors (Lipinski definition) is 3. The van der Waals surface area contributed by atoms with Crippen molar-refractivity contribution < 1.29 is 22.5 Å². The van der Waals surface area contributed by atoms with E-state index in [4.69, 9.17) is 17.7 Å². The Morgan fingerprint density at radius 2 is 2.00 bits per heavy atom. The molecule has 1 aliphatic heterocycles. The number of fused-ring (bicyclic) bond motifs is 2. The first-order valence-corrected chi connectivity index (χ1v) is 3.68. The molecule has 0 unspecified atom stereocenters. The number of carbonyl (C=O) groups is 1. The van der Waals surface area contributed by atoms with Crippen molar-refractivity contribution in [3.05, 3.63) is 23.3 Å². The standard InChI is InChI=1S/C10H8O3/c11-8-2-1-6-3-9-10(4-7(6)8)13-5-12-9/h3-4H,1-2,5H2/i1D2,2D2,5D2. The Bertz CT molecular complexity index is 610. The molecule has 3 rings (SSSR count). The minimum absolute atomic E-state index is 0.0365. The molecular formula is C10H8O3. The van der Waals surface area contributed by atoms with E-state index in [1.165, 1.54) is 0 Å². The van der Waals surface area contributed by atoms with E-state index < -0.39 is 25.3 Å². The Morgan fingerprint density at radius 1 is 1.23 bits per heavy atom. The molecule has 1 aromatic rings. The van der Waals surface area contributed by atoms with Gasteiger partial charge in [0, 0.05) is 17.4 Å². The Labute approximate surface area is 83.7 Å². The summed E-state index contributed by atoms with van der Waals surface area (Å²) in [4.78, 5) is 11.9. The van der Waals surface area contributed by atoms with Crippen molar-refractivity contribution in [1.29, 1.82) is 0 Å². The van der Waals surface area contributed by atoms with E-state index in [1.54, 1.807) is 0 Å². The zero-order valence-electron chi connectivity index (χ0n) is 12.4. The largest absolute Gasteiger partial charge is 0.454 e. The van der Waals surface area contributed by atoms with E-state index in [9.17, 15) is 4.79 Å². The van der Waals surface area contributed by atoms with E-state index in [2.05, 4.69) is 0 Å². The van der Waals surface area contributed by atoms with Crippen molar-refractivity contribution in [3.8, 4) is 11.5 Å². The Hall–Kier alpha value is -1.51. The summed E-state index contributed by atoms with van der Waals surface area (Å²) in [6.07, 6.45) is -5.16. The lowest BCUT2D eigenvalue weighted by Crippen LogP contribution is -1.93. The molecule has 0 aromatic heterocycles. The molecule has 1 aromatic carbocycles. The summed E-state index contributed by atoms with van der Waals surface area (Å²) in [6.45, 7) is -2.37. The summed E-state index contributed by atoms with van der Waals surface area (Å²) in [7, 11) is 0. The van der Waals surface area contributed by atoms with Crippen LogP contribution in [0.5, 0.6) is 11.5 Å². The van der Waals surface area contributed by atoms with Crippen LogP contribution in [-0.4, -0.2) is 12.5 Å². The lowest BCUT2D eigenvalue weighted by Gasteiger charge is -1.99. The SMILES string of the molecule is [2H]C1([2H])Oc2cc3c(cc2O1)C([2H])([2H])C([2H])([2H])C3=O. The molecular weight excluding hydrogens is 168 g/mol. The van der Waals surface area contributed by atoms with Gasteiger partial charge in [-0.25, -0.2) is 0 Å². The zero-order valence-corrected chi connectivity index (χ0v) is 6.38. The maximum atomic E-state index is 11.9. The number of carbonyl (C=O) groups excluding carboxylic acids is 1. The van der Waals surface area contributed by atoms with Crippen LogP contribution in [0.3, 0.4) is 0 Å². The number of ketones is 1. The average Bonchev–Trinajstić information content (AvgIpc) is 2.63. The highest BCUT2D eigenvalue weighted by atomic mass is 16.7. The minimum Gasteiger partial charge on any atom is -0.454 e. The van der Waals surface area contributed by atoms with Crippen LogP contribution < -0.4 is 9.47 Å². The topological polar surface area (TPSA) is 35.5 Å². The maximum Gasteiger partial charge on any atom is 0.231 e. The van der Waals surface area contributed by atoms with Crippen molar-refractivity contribution in [2.45, 2.75) is 12.7 Å². The van der Waals surface area contributed by atoms with Crippen LogP contribution in [0, 0.1) is 0 Å². The first-order chi connectivity index (χ1) is 8.56. The third kappa shape index (κ3) is 0.869. The number of aryl methyl sites for hydroxylation is 1. The van der Waals surface area contributed by atoms with Crippen molar-refractivity contribution in [3.63, 3.8) is 0 Å². The van der Waals surface area contributed by atoms with Gasteiger partial charge >= 0.3 is 0 Å². The normalized spacial score (nSPS) is 36.2. The second kappa shape index (κ2) is 2.25.